The summed E-state index contributed by atoms with van der Waals surface area (Å²) in [6.45, 7) is 0. The number of rotatable bonds is 4. The Morgan fingerprint density at radius 1 is 0.353 bits per heavy atom. The molecule has 2 aromatic heterocycles. The van der Waals surface area contributed by atoms with Crippen LogP contribution in [0.5, 0.6) is 0 Å². The molecule has 51 heavy (non-hydrogen) atoms. The molecule has 252 valence electrons. The van der Waals surface area contributed by atoms with Crippen molar-refractivity contribution in [1.29, 1.82) is 0 Å². The highest BCUT2D eigenvalue weighted by Crippen LogP contribution is 2.54. The summed E-state index contributed by atoms with van der Waals surface area (Å²) in [5, 5.41) is 5.07. The third kappa shape index (κ3) is 3.82. The molecule has 0 unspecified atom stereocenters. The van der Waals surface area contributed by atoms with Gasteiger partial charge in [0.1, 0.15) is 0 Å². The van der Waals surface area contributed by atoms with Gasteiger partial charge in [-0.1, -0.05) is 146 Å². The second-order valence-electron chi connectivity index (χ2n) is 13.7. The zero-order valence-electron chi connectivity index (χ0n) is 27.9. The monoisotopic (exact) mass is 662 g/mol. The molecule has 0 atom stereocenters. The van der Waals surface area contributed by atoms with E-state index in [0.717, 1.165) is 0 Å². The Labute approximate surface area is 306 Å². The van der Waals surface area contributed by atoms with E-state index in [-0.39, 0.29) is 9.99 Å². The Bertz CT molecular complexity index is 2940. The topological polar surface area (TPSA) is 9.86 Å². The van der Waals surface area contributed by atoms with Gasteiger partial charge in [0.25, 0.3) is 0 Å². The van der Waals surface area contributed by atoms with Crippen LogP contribution in [0.2, 0.25) is 0 Å². The van der Waals surface area contributed by atoms with E-state index in [9.17, 15) is 0 Å². The van der Waals surface area contributed by atoms with Crippen LogP contribution >= 0.6 is 0 Å². The highest BCUT2D eigenvalue weighted by molar-refractivity contribution is 6.14. The summed E-state index contributed by atoms with van der Waals surface area (Å²) in [7, 11) is 0. The molecule has 3 heterocycles. The molecular formula is C49H46N2. The van der Waals surface area contributed by atoms with Gasteiger partial charge < -0.3 is 9.13 Å². The van der Waals surface area contributed by atoms with E-state index in [1.165, 1.54) is 88.4 Å². The quantitative estimate of drug-likeness (QED) is 0.177. The Morgan fingerprint density at radius 2 is 0.863 bits per heavy atom. The van der Waals surface area contributed by atoms with Gasteiger partial charge in [-0.05, 0) is 81.9 Å². The van der Waals surface area contributed by atoms with E-state index in [1.807, 2.05) is 0 Å². The summed E-state index contributed by atoms with van der Waals surface area (Å²) in [6, 6.07) is 71.5. The Hall–Kier alpha value is -6.64. The normalized spacial score (nSPS) is 13.3. The smallest absolute Gasteiger partial charge is 0.0742 e. The van der Waals surface area contributed by atoms with Crippen molar-refractivity contribution >= 4 is 43.6 Å². The summed E-state index contributed by atoms with van der Waals surface area (Å²) in [4.78, 5) is 0. The molecule has 11 rings (SSSR count). The lowest BCUT2D eigenvalue weighted by Gasteiger charge is -2.41. The van der Waals surface area contributed by atoms with Gasteiger partial charge in [0, 0.05) is 37.2 Å². The fourth-order valence-corrected chi connectivity index (χ4v) is 9.10. The van der Waals surface area contributed by atoms with Crippen molar-refractivity contribution in [3.8, 4) is 22.5 Å². The molecule has 0 fully saturated rings. The maximum atomic E-state index is 2.51. The minimum atomic E-state index is -0.468. The summed E-state index contributed by atoms with van der Waals surface area (Å²) in [6.07, 6.45) is 0. The zero-order valence-corrected chi connectivity index (χ0v) is 27.9. The number of fused-ring (bicyclic) bond motifs is 8. The summed E-state index contributed by atoms with van der Waals surface area (Å²) in [5.41, 5.74) is 14.5. The van der Waals surface area contributed by atoms with Gasteiger partial charge in [-0.25, -0.2) is 0 Å². The predicted octanol–water partition coefficient (Wildman–Crippen LogP) is 14.0. The predicted molar refractivity (Wildman–Crippen MR) is 227 cm³/mol. The van der Waals surface area contributed by atoms with Gasteiger partial charge in [-0.15, -0.1) is 0 Å². The number of hydrogen-bond donors (Lipinski definition) is 0. The van der Waals surface area contributed by atoms with E-state index in [2.05, 4.69) is 203 Å². The Kier molecular flexibility index (Phi) is 5.91. The zero-order chi connectivity index (χ0) is 33.5. The van der Waals surface area contributed by atoms with Crippen molar-refractivity contribution in [2.45, 2.75) is 5.41 Å². The van der Waals surface area contributed by atoms with Crippen molar-refractivity contribution in [3.63, 3.8) is 0 Å². The van der Waals surface area contributed by atoms with E-state index in [1.54, 1.807) is 0 Å². The standard InChI is InChI=1S/C49H32N2.7H2/c1-4-15-35(16-5-1)49(36-17-6-2-7-18-36)42-23-11-13-26-47(42)51-46-30-28-34(32-41(46)39-22-14-24-43(49)48(39)51)33-27-29-45-40(31-33)38-21-10-12-25-44(38)50(45)37-19-8-3-9-20-37;;;;;;;/h1-32H;7*1H. The third-order valence-electron chi connectivity index (χ3n) is 11.2. The van der Waals surface area contributed by atoms with Crippen LogP contribution in [0.25, 0.3) is 66.1 Å². The van der Waals surface area contributed by atoms with Gasteiger partial charge in [0.2, 0.25) is 0 Å². The summed E-state index contributed by atoms with van der Waals surface area (Å²) >= 11 is 0. The molecule has 10 aromatic rings. The van der Waals surface area contributed by atoms with Crippen molar-refractivity contribution in [1.82, 2.24) is 9.13 Å². The third-order valence-corrected chi connectivity index (χ3v) is 11.2. The van der Waals surface area contributed by atoms with Crippen LogP contribution in [0, 0.1) is 0 Å². The largest absolute Gasteiger partial charge is 0.309 e. The average Bonchev–Trinajstić information content (AvgIpc) is 3.72. The minimum Gasteiger partial charge on any atom is -0.309 e. The lowest BCUT2D eigenvalue weighted by atomic mass is 9.63. The van der Waals surface area contributed by atoms with Gasteiger partial charge in [0.15, 0.2) is 0 Å². The molecule has 1 aliphatic rings. The lowest BCUT2D eigenvalue weighted by molar-refractivity contribution is 0.728. The van der Waals surface area contributed by atoms with Gasteiger partial charge in [-0.2, -0.15) is 0 Å². The van der Waals surface area contributed by atoms with Crippen LogP contribution < -0.4 is 0 Å². The van der Waals surface area contributed by atoms with Crippen molar-refractivity contribution in [2.75, 3.05) is 0 Å². The molecule has 2 nitrogen and oxygen atoms in total. The van der Waals surface area contributed by atoms with Crippen LogP contribution in [-0.4, -0.2) is 9.13 Å². The molecule has 0 saturated carbocycles. The highest BCUT2D eigenvalue weighted by atomic mass is 15.0. The molecule has 8 aromatic carbocycles. The Balaban J connectivity index is 0.00000106. The second-order valence-corrected chi connectivity index (χ2v) is 13.7. The minimum absolute atomic E-state index is 0. The maximum absolute atomic E-state index is 2.51. The first kappa shape index (κ1) is 28.2. The van der Waals surface area contributed by atoms with Gasteiger partial charge in [-0.3, -0.25) is 0 Å². The Morgan fingerprint density at radius 3 is 1.57 bits per heavy atom. The van der Waals surface area contributed by atoms with Crippen LogP contribution in [0.15, 0.2) is 194 Å². The summed E-state index contributed by atoms with van der Waals surface area (Å²) in [5.74, 6) is 0. The van der Waals surface area contributed by atoms with Crippen LogP contribution in [0.3, 0.4) is 0 Å². The number of benzene rings is 8. The van der Waals surface area contributed by atoms with Crippen molar-refractivity contribution < 1.29 is 9.99 Å². The number of aromatic nitrogens is 2. The molecular weight excluding hydrogens is 617 g/mol. The van der Waals surface area contributed by atoms with Crippen LogP contribution in [0.1, 0.15) is 32.2 Å². The van der Waals surface area contributed by atoms with Crippen LogP contribution in [0.4, 0.5) is 0 Å². The van der Waals surface area contributed by atoms with E-state index < -0.39 is 5.41 Å². The molecule has 2 heteroatoms. The molecule has 0 radical (unpaired) electrons. The first-order valence-electron chi connectivity index (χ1n) is 17.7. The second kappa shape index (κ2) is 10.7. The number of nitrogens with zero attached hydrogens (tertiary/aromatic N) is 2. The van der Waals surface area contributed by atoms with E-state index in [0.29, 0.717) is 0 Å². The van der Waals surface area contributed by atoms with Crippen molar-refractivity contribution in [3.05, 3.63) is 216 Å². The van der Waals surface area contributed by atoms with Gasteiger partial charge in [0.05, 0.1) is 33.2 Å². The van der Waals surface area contributed by atoms with Crippen molar-refractivity contribution in [2.24, 2.45) is 0 Å². The first-order valence-corrected chi connectivity index (χ1v) is 17.7. The van der Waals surface area contributed by atoms with E-state index in [4.69, 9.17) is 0 Å². The molecule has 1 aliphatic heterocycles. The summed E-state index contributed by atoms with van der Waals surface area (Å²) < 4.78 is 4.89. The van der Waals surface area contributed by atoms with Gasteiger partial charge >= 0.3 is 0 Å². The first-order chi connectivity index (χ1) is 25.3. The maximum Gasteiger partial charge on any atom is 0.0742 e. The average molecular weight is 663 g/mol. The number of hydrogen-bond acceptors (Lipinski definition) is 0. The SMILES string of the molecule is [HH].[HH].[HH].[HH].[HH].[HH].[HH].c1ccc(-n2c3ccccc3c3cc(-c4ccc5c(c4)c4cccc6c4n5-c4ccccc4C6(c4ccccc4)c4ccccc4)ccc32)cc1. The molecule has 0 bridgehead atoms. The molecule has 0 amide bonds. The molecule has 0 aliphatic carbocycles. The fraction of sp³-hybridized carbons (Fsp3) is 0.0204. The molecule has 0 saturated heterocycles. The molecule has 0 N–H and O–H groups in total. The fourth-order valence-electron chi connectivity index (χ4n) is 9.10. The van der Waals surface area contributed by atoms with Crippen LogP contribution in [-0.2, 0) is 5.41 Å². The molecule has 0 spiro atoms. The number of para-hydroxylation sites is 4. The van der Waals surface area contributed by atoms with E-state index >= 15 is 0 Å². The lowest BCUT2D eigenvalue weighted by Crippen LogP contribution is -2.35. The highest BCUT2D eigenvalue weighted by Gasteiger charge is 2.45.